The molecule has 1 saturated heterocycles. The molecule has 288 valence electrons. The van der Waals surface area contributed by atoms with Gasteiger partial charge in [-0.1, -0.05) is 51.0 Å². The van der Waals surface area contributed by atoms with Crippen molar-refractivity contribution in [1.82, 2.24) is 20.5 Å². The van der Waals surface area contributed by atoms with Gasteiger partial charge in [0.15, 0.2) is 0 Å². The number of rotatable bonds is 15. The lowest BCUT2D eigenvalue weighted by Crippen LogP contribution is -2.48. The van der Waals surface area contributed by atoms with Crippen LogP contribution in [0.5, 0.6) is 0 Å². The largest absolute Gasteiger partial charge is 0.444 e. The average Bonchev–Trinajstić information content (AvgIpc) is 3.55. The Balaban J connectivity index is 1.41. The van der Waals surface area contributed by atoms with Gasteiger partial charge in [0.05, 0.1) is 0 Å². The van der Waals surface area contributed by atoms with Crippen LogP contribution in [0.1, 0.15) is 116 Å². The van der Waals surface area contributed by atoms with E-state index < -0.39 is 5.60 Å². The molecular weight excluding hydrogens is 665 g/mol. The van der Waals surface area contributed by atoms with Crippen LogP contribution in [0.25, 0.3) is 5.70 Å². The summed E-state index contributed by atoms with van der Waals surface area (Å²) in [7, 11) is 0. The zero-order valence-corrected chi connectivity index (χ0v) is 33.5. The zero-order valence-electron chi connectivity index (χ0n) is 33.5. The number of carbonyl (C=O) groups excluding carboxylic acids is 2. The topological polar surface area (TPSA) is 117 Å². The monoisotopic (exact) mass is 726 g/mol. The van der Waals surface area contributed by atoms with Gasteiger partial charge in [0.1, 0.15) is 17.1 Å². The van der Waals surface area contributed by atoms with Gasteiger partial charge in [0.2, 0.25) is 0 Å². The number of aliphatic imine (C=N–C) groups is 1. The normalized spacial score (nSPS) is 19.6. The van der Waals surface area contributed by atoms with Crippen LogP contribution in [0.4, 0.5) is 10.5 Å². The highest BCUT2D eigenvalue weighted by Gasteiger charge is 2.26. The number of anilines is 1. The fourth-order valence-electron chi connectivity index (χ4n) is 6.38. The molecule has 0 bridgehead atoms. The maximum atomic E-state index is 13.3. The van der Waals surface area contributed by atoms with E-state index >= 15 is 0 Å². The molecule has 53 heavy (non-hydrogen) atoms. The molecule has 0 spiro atoms. The number of nitrogens with zero attached hydrogens (tertiary/aromatic N) is 3. The summed E-state index contributed by atoms with van der Waals surface area (Å²) in [6, 6.07) is 11.6. The minimum Gasteiger partial charge on any atom is -0.444 e. The second-order valence-corrected chi connectivity index (χ2v) is 15.6. The van der Waals surface area contributed by atoms with Crippen molar-refractivity contribution in [3.05, 3.63) is 88.4 Å². The first-order valence-electron chi connectivity index (χ1n) is 19.4. The van der Waals surface area contributed by atoms with Crippen LogP contribution in [0, 0.1) is 11.8 Å². The predicted octanol–water partition coefficient (Wildman–Crippen LogP) is 8.88. The van der Waals surface area contributed by atoms with Crippen molar-refractivity contribution >= 4 is 29.2 Å². The van der Waals surface area contributed by atoms with Gasteiger partial charge in [-0.15, -0.1) is 0 Å². The fourth-order valence-corrected chi connectivity index (χ4v) is 6.38. The first-order chi connectivity index (χ1) is 25.3. The molecule has 3 N–H and O–H groups in total. The summed E-state index contributed by atoms with van der Waals surface area (Å²) in [6.45, 7) is 22.6. The first-order valence-corrected chi connectivity index (χ1v) is 19.4. The third-order valence-electron chi connectivity index (χ3n) is 9.94. The van der Waals surface area contributed by atoms with Crippen molar-refractivity contribution in [2.45, 2.75) is 113 Å². The summed E-state index contributed by atoms with van der Waals surface area (Å²) in [5.41, 5.74) is 7.11. The van der Waals surface area contributed by atoms with Crippen LogP contribution in [0.2, 0.25) is 0 Å². The molecular formula is C43H62N6O4. The minimum absolute atomic E-state index is 0.0156. The van der Waals surface area contributed by atoms with Crippen molar-refractivity contribution in [3.63, 3.8) is 0 Å². The van der Waals surface area contributed by atoms with Crippen LogP contribution in [0.3, 0.4) is 0 Å². The number of likely N-dealkylation sites (tertiary alicyclic amines) is 1. The molecule has 0 radical (unpaired) electrons. The number of amidine groups is 1. The van der Waals surface area contributed by atoms with Crippen molar-refractivity contribution in [3.8, 4) is 0 Å². The Hall–Kier alpha value is -4.28. The van der Waals surface area contributed by atoms with Gasteiger partial charge in [0, 0.05) is 61.7 Å². The second kappa shape index (κ2) is 19.7. The quantitative estimate of drug-likeness (QED) is 0.157. The Morgan fingerprint density at radius 3 is 2.57 bits per heavy atom. The Kier molecular flexibility index (Phi) is 15.4. The zero-order chi connectivity index (χ0) is 38.5. The summed E-state index contributed by atoms with van der Waals surface area (Å²) in [4.78, 5) is 37.2. The van der Waals surface area contributed by atoms with Gasteiger partial charge < -0.3 is 25.4 Å². The van der Waals surface area contributed by atoms with Crippen LogP contribution < -0.4 is 16.0 Å². The molecule has 1 aromatic carbocycles. The molecule has 3 unspecified atom stereocenters. The van der Waals surface area contributed by atoms with E-state index in [0.29, 0.717) is 36.3 Å². The first kappa shape index (κ1) is 41.5. The van der Waals surface area contributed by atoms with Crippen LogP contribution in [-0.4, -0.2) is 65.7 Å². The number of hydrogen-bond donors (Lipinski definition) is 3. The third-order valence-corrected chi connectivity index (χ3v) is 9.94. The van der Waals surface area contributed by atoms with E-state index in [1.165, 1.54) is 11.1 Å². The maximum absolute atomic E-state index is 13.3. The molecule has 2 aliphatic rings. The Morgan fingerprint density at radius 2 is 1.87 bits per heavy atom. The highest BCUT2D eigenvalue weighted by atomic mass is 16.6. The number of hydrogen-bond acceptors (Lipinski definition) is 7. The molecule has 2 amide bonds. The molecule has 2 aromatic rings. The number of aromatic nitrogens is 1. The highest BCUT2D eigenvalue weighted by molar-refractivity contribution is 6.12. The number of ether oxygens (including phenoxy) is 2. The Labute approximate surface area is 317 Å². The number of amides is 2. The minimum atomic E-state index is -0.536. The summed E-state index contributed by atoms with van der Waals surface area (Å²) < 4.78 is 11.2. The number of benzene rings is 1. The molecule has 3 heterocycles. The fraction of sp³-hybridized carbons (Fsp3) is 0.535. The van der Waals surface area contributed by atoms with Crippen LogP contribution >= 0.6 is 0 Å². The van der Waals surface area contributed by atoms with Gasteiger partial charge >= 0.3 is 6.09 Å². The number of allylic oxidation sites excluding steroid dienone is 2. The van der Waals surface area contributed by atoms with E-state index in [9.17, 15) is 9.59 Å². The Morgan fingerprint density at radius 1 is 1.11 bits per heavy atom. The molecule has 1 aromatic heterocycles. The molecule has 0 aliphatic carbocycles. The average molecular weight is 727 g/mol. The van der Waals surface area contributed by atoms with Gasteiger partial charge in [-0.2, -0.15) is 0 Å². The number of alkyl carbamates (subject to hydrolysis) is 1. The summed E-state index contributed by atoms with van der Waals surface area (Å²) in [6.07, 6.45) is 10.3. The van der Waals surface area contributed by atoms with E-state index in [1.807, 2.05) is 63.4 Å². The standard InChI is InChI=1S/C43H62N6O4/c1-10-22-52-23-19-30(4)31(5)32(6)37-25-38(48-40(37)45-26-29(3)11-2)34-14-16-35(17-15-34)46-41(50)39-24-33(18-20-44-39)27-49-21-12-13-36(28-49)47-42(51)53-43(7,8)9/h14-18,20,24-26,30-31,36H,10-13,19,21-23,27-28H2,1-9H3,(H,45,48)(H,46,50)(H,47,51)/b29-26?,37-32+. The van der Waals surface area contributed by atoms with Gasteiger partial charge in [-0.3, -0.25) is 14.7 Å². The highest BCUT2D eigenvalue weighted by Crippen LogP contribution is 2.31. The predicted molar refractivity (Wildman–Crippen MR) is 216 cm³/mol. The molecule has 1 fully saturated rings. The van der Waals surface area contributed by atoms with Crippen LogP contribution in [0.15, 0.2) is 76.6 Å². The van der Waals surface area contributed by atoms with Gasteiger partial charge in [-0.05, 0) is 127 Å². The van der Waals surface area contributed by atoms with E-state index in [1.54, 1.807) is 6.20 Å². The van der Waals surface area contributed by atoms with Crippen molar-refractivity contribution < 1.29 is 19.1 Å². The number of pyridine rings is 1. The lowest BCUT2D eigenvalue weighted by molar-refractivity contribution is 0.0470. The van der Waals surface area contributed by atoms with Crippen LogP contribution in [-0.2, 0) is 16.0 Å². The number of piperidine rings is 1. The molecule has 0 saturated carbocycles. The lowest BCUT2D eigenvalue weighted by Gasteiger charge is -2.33. The molecule has 2 aliphatic heterocycles. The van der Waals surface area contributed by atoms with Crippen molar-refractivity contribution in [1.29, 1.82) is 0 Å². The summed E-state index contributed by atoms with van der Waals surface area (Å²) >= 11 is 0. The molecule has 10 heteroatoms. The summed E-state index contributed by atoms with van der Waals surface area (Å²) in [5.74, 6) is 1.41. The van der Waals surface area contributed by atoms with Gasteiger partial charge in [0.25, 0.3) is 5.91 Å². The lowest BCUT2D eigenvalue weighted by atomic mass is 9.85. The molecule has 3 atom stereocenters. The van der Waals surface area contributed by atoms with Crippen molar-refractivity contribution in [2.75, 3.05) is 31.6 Å². The molecule has 10 nitrogen and oxygen atoms in total. The Bertz CT molecular complexity index is 1670. The second-order valence-electron chi connectivity index (χ2n) is 15.6. The smallest absolute Gasteiger partial charge is 0.407 e. The van der Waals surface area contributed by atoms with Crippen molar-refractivity contribution in [2.24, 2.45) is 16.8 Å². The van der Waals surface area contributed by atoms with E-state index in [0.717, 1.165) is 80.1 Å². The summed E-state index contributed by atoms with van der Waals surface area (Å²) in [5, 5.41) is 9.59. The van der Waals surface area contributed by atoms with E-state index in [-0.39, 0.29) is 18.0 Å². The van der Waals surface area contributed by atoms with E-state index in [2.05, 4.69) is 73.5 Å². The van der Waals surface area contributed by atoms with Gasteiger partial charge in [-0.25, -0.2) is 9.79 Å². The van der Waals surface area contributed by atoms with E-state index in [4.69, 9.17) is 14.5 Å². The SMILES string of the molecule is CCCOCCC(C)C(C)/C(C)=C1\C=C(c2ccc(NC(=O)c3cc(CN4CCCC(NC(=O)OC(C)(C)C)C4)ccn3)cc2)NC1=NC=C(C)CC. The number of carbonyl (C=O) groups is 2. The maximum Gasteiger partial charge on any atom is 0.407 e. The molecule has 4 rings (SSSR count). The third kappa shape index (κ3) is 13.0. The number of nitrogens with one attached hydrogen (secondary N) is 3.